The number of nitrogens with one attached hydrogen (secondary N) is 1. The number of aromatic nitrogens is 2. The molecule has 1 N–H and O–H groups in total. The highest BCUT2D eigenvalue weighted by atomic mass is 35.5. The zero-order valence-electron chi connectivity index (χ0n) is 15.2. The summed E-state index contributed by atoms with van der Waals surface area (Å²) in [6, 6.07) is 13.8. The molecule has 2 aromatic carbocycles. The molecule has 0 radical (unpaired) electrons. The number of halogens is 2. The van der Waals surface area contributed by atoms with E-state index in [1.54, 1.807) is 12.1 Å². The van der Waals surface area contributed by atoms with E-state index in [-0.39, 0.29) is 11.3 Å². The first kappa shape index (κ1) is 19.4. The van der Waals surface area contributed by atoms with Crippen LogP contribution in [0.15, 0.2) is 53.1 Å². The number of carbonyl (C=O) groups excluding carboxylic acids is 1. The van der Waals surface area contributed by atoms with E-state index in [4.69, 9.17) is 27.7 Å². The first-order valence-electron chi connectivity index (χ1n) is 8.40. The van der Waals surface area contributed by atoms with Crippen molar-refractivity contribution in [3.63, 3.8) is 0 Å². The number of hydrogen-bond donors (Lipinski definition) is 1. The molecule has 5 nitrogen and oxygen atoms in total. The van der Waals surface area contributed by atoms with E-state index in [2.05, 4.69) is 15.5 Å². The second-order valence-corrected chi connectivity index (χ2v) is 8.04. The Balaban J connectivity index is 1.88. The molecular weight excluding hydrogens is 385 g/mol. The third-order valence-electron chi connectivity index (χ3n) is 4.04. The van der Waals surface area contributed by atoms with E-state index in [1.165, 1.54) is 6.07 Å². The van der Waals surface area contributed by atoms with Gasteiger partial charge in [0.15, 0.2) is 0 Å². The van der Waals surface area contributed by atoms with Crippen molar-refractivity contribution in [2.75, 3.05) is 0 Å². The Morgan fingerprint density at radius 2 is 1.78 bits per heavy atom. The predicted octanol–water partition coefficient (Wildman–Crippen LogP) is 5.56. The lowest BCUT2D eigenvalue weighted by Crippen LogP contribution is -2.36. The molecular formula is C20H19Cl2N3O2. The van der Waals surface area contributed by atoms with Crippen molar-refractivity contribution in [2.24, 2.45) is 5.41 Å². The van der Waals surface area contributed by atoms with Gasteiger partial charge in [0, 0.05) is 11.1 Å². The molecule has 1 unspecified atom stereocenters. The lowest BCUT2D eigenvalue weighted by molar-refractivity contribution is 0.0881. The molecule has 3 aromatic rings. The summed E-state index contributed by atoms with van der Waals surface area (Å²) in [5, 5.41) is 7.73. The smallest absolute Gasteiger partial charge is 0.252 e. The summed E-state index contributed by atoms with van der Waals surface area (Å²) in [7, 11) is 0. The van der Waals surface area contributed by atoms with E-state index in [0.717, 1.165) is 5.56 Å². The highest BCUT2D eigenvalue weighted by molar-refractivity contribution is 6.42. The topological polar surface area (TPSA) is 68.0 Å². The summed E-state index contributed by atoms with van der Waals surface area (Å²) < 4.78 is 5.46. The zero-order valence-corrected chi connectivity index (χ0v) is 16.7. The van der Waals surface area contributed by atoms with E-state index in [9.17, 15) is 4.79 Å². The van der Waals surface area contributed by atoms with Gasteiger partial charge in [-0.25, -0.2) is 0 Å². The van der Waals surface area contributed by atoms with Crippen LogP contribution in [0, 0.1) is 5.41 Å². The molecule has 140 valence electrons. The average Bonchev–Trinajstić information content (AvgIpc) is 3.11. The largest absolute Gasteiger partial charge is 0.340 e. The second kappa shape index (κ2) is 7.71. The van der Waals surface area contributed by atoms with Gasteiger partial charge in [0.2, 0.25) is 11.7 Å². The van der Waals surface area contributed by atoms with Gasteiger partial charge in [0.25, 0.3) is 5.91 Å². The number of carbonyl (C=O) groups is 1. The molecule has 0 fully saturated rings. The van der Waals surface area contributed by atoms with Crippen LogP contribution in [0.4, 0.5) is 0 Å². The normalized spacial score (nSPS) is 12.6. The molecule has 3 rings (SSSR count). The van der Waals surface area contributed by atoms with Gasteiger partial charge in [-0.15, -0.1) is 0 Å². The third kappa shape index (κ3) is 4.49. The molecule has 7 heteroatoms. The molecule has 0 aliphatic rings. The van der Waals surface area contributed by atoms with Crippen molar-refractivity contribution in [3.05, 3.63) is 70.0 Å². The van der Waals surface area contributed by atoms with Crippen LogP contribution in [0.25, 0.3) is 11.4 Å². The zero-order chi connectivity index (χ0) is 19.6. The van der Waals surface area contributed by atoms with Gasteiger partial charge in [-0.3, -0.25) is 4.79 Å². The number of benzene rings is 2. The first-order chi connectivity index (χ1) is 12.8. The van der Waals surface area contributed by atoms with Gasteiger partial charge in [-0.2, -0.15) is 4.98 Å². The van der Waals surface area contributed by atoms with Gasteiger partial charge in [-0.1, -0.05) is 79.5 Å². The van der Waals surface area contributed by atoms with Crippen molar-refractivity contribution in [1.29, 1.82) is 0 Å². The van der Waals surface area contributed by atoms with Crippen molar-refractivity contribution in [1.82, 2.24) is 15.5 Å². The predicted molar refractivity (Wildman–Crippen MR) is 106 cm³/mol. The minimum Gasteiger partial charge on any atom is -0.340 e. The molecule has 0 spiro atoms. The molecule has 1 amide bonds. The molecule has 1 atom stereocenters. The van der Waals surface area contributed by atoms with Crippen molar-refractivity contribution in [3.8, 4) is 11.4 Å². The summed E-state index contributed by atoms with van der Waals surface area (Å²) in [6.45, 7) is 5.96. The molecule has 0 aliphatic heterocycles. The monoisotopic (exact) mass is 403 g/mol. The van der Waals surface area contributed by atoms with E-state index >= 15 is 0 Å². The summed E-state index contributed by atoms with van der Waals surface area (Å²) in [4.78, 5) is 17.2. The summed E-state index contributed by atoms with van der Waals surface area (Å²) >= 11 is 11.9. The number of hydrogen-bond acceptors (Lipinski definition) is 4. The van der Waals surface area contributed by atoms with Gasteiger partial charge in [0.05, 0.1) is 10.0 Å². The van der Waals surface area contributed by atoms with Crippen molar-refractivity contribution >= 4 is 29.1 Å². The molecule has 0 saturated carbocycles. The lowest BCUT2D eigenvalue weighted by Gasteiger charge is -2.28. The molecule has 1 aromatic heterocycles. The van der Waals surface area contributed by atoms with E-state index < -0.39 is 6.04 Å². The fourth-order valence-electron chi connectivity index (χ4n) is 2.56. The highest BCUT2D eigenvalue weighted by Gasteiger charge is 2.33. The Morgan fingerprint density at radius 1 is 1.07 bits per heavy atom. The van der Waals surface area contributed by atoms with Gasteiger partial charge >= 0.3 is 0 Å². The molecule has 0 aliphatic carbocycles. The van der Waals surface area contributed by atoms with Crippen LogP contribution in [-0.4, -0.2) is 16.0 Å². The summed E-state index contributed by atoms with van der Waals surface area (Å²) in [5.41, 5.74) is 0.893. The Hall–Kier alpha value is -2.37. The highest BCUT2D eigenvalue weighted by Crippen LogP contribution is 2.33. The van der Waals surface area contributed by atoms with E-state index in [0.29, 0.717) is 27.3 Å². The summed E-state index contributed by atoms with van der Waals surface area (Å²) in [6.07, 6.45) is 0. The number of amides is 1. The van der Waals surface area contributed by atoms with Crippen LogP contribution in [0.5, 0.6) is 0 Å². The van der Waals surface area contributed by atoms with Gasteiger partial charge in [0.1, 0.15) is 6.04 Å². The van der Waals surface area contributed by atoms with E-state index in [1.807, 2.05) is 51.1 Å². The third-order valence-corrected chi connectivity index (χ3v) is 4.78. The Morgan fingerprint density at radius 3 is 2.41 bits per heavy atom. The Labute approximate surface area is 167 Å². The molecule has 0 saturated heterocycles. The molecule has 27 heavy (non-hydrogen) atoms. The maximum Gasteiger partial charge on any atom is 0.252 e. The second-order valence-electron chi connectivity index (χ2n) is 7.22. The average molecular weight is 404 g/mol. The fraction of sp³-hybridized carbons (Fsp3) is 0.250. The maximum atomic E-state index is 12.7. The fourth-order valence-corrected chi connectivity index (χ4v) is 2.86. The van der Waals surface area contributed by atoms with Gasteiger partial charge < -0.3 is 9.84 Å². The quantitative estimate of drug-likeness (QED) is 0.618. The van der Waals surface area contributed by atoms with Crippen LogP contribution in [0.3, 0.4) is 0 Å². The Kier molecular flexibility index (Phi) is 5.53. The molecule has 0 bridgehead atoms. The number of rotatable bonds is 4. The Bertz CT molecular complexity index is 949. The minimum atomic E-state index is -0.482. The van der Waals surface area contributed by atoms with Crippen LogP contribution < -0.4 is 5.32 Å². The maximum absolute atomic E-state index is 12.7. The minimum absolute atomic E-state index is 0.298. The van der Waals surface area contributed by atoms with Crippen molar-refractivity contribution in [2.45, 2.75) is 26.8 Å². The first-order valence-corrected chi connectivity index (χ1v) is 9.16. The van der Waals surface area contributed by atoms with Gasteiger partial charge in [-0.05, 0) is 23.6 Å². The summed E-state index contributed by atoms with van der Waals surface area (Å²) in [5.74, 6) is 0.520. The SMILES string of the molecule is CC(C)(C)C(NC(=O)c1ccc(Cl)c(Cl)c1)c1nc(-c2ccccc2)no1. The number of nitrogens with zero attached hydrogens (tertiary/aromatic N) is 2. The standard InChI is InChI=1S/C20H19Cl2N3O2/c1-20(2,3)16(23-18(26)13-9-10-14(21)15(22)11-13)19-24-17(25-27-19)12-7-5-4-6-8-12/h4-11,16H,1-3H3,(H,23,26). The molecule has 1 heterocycles. The van der Waals surface area contributed by atoms with Crippen LogP contribution in [0.1, 0.15) is 43.1 Å². The van der Waals surface area contributed by atoms with Crippen LogP contribution in [-0.2, 0) is 0 Å². The van der Waals surface area contributed by atoms with Crippen LogP contribution >= 0.6 is 23.2 Å². The lowest BCUT2D eigenvalue weighted by atomic mass is 9.86. The van der Waals surface area contributed by atoms with Crippen LogP contribution in [0.2, 0.25) is 10.0 Å². The van der Waals surface area contributed by atoms with Crippen molar-refractivity contribution < 1.29 is 9.32 Å².